The van der Waals surface area contributed by atoms with Crippen LogP contribution in [0.15, 0.2) is 115 Å². The van der Waals surface area contributed by atoms with Crippen LogP contribution in [0.5, 0.6) is 17.2 Å². The van der Waals surface area contributed by atoms with E-state index in [4.69, 9.17) is 19.2 Å². The van der Waals surface area contributed by atoms with Gasteiger partial charge < -0.3 is 19.7 Å². The minimum absolute atomic E-state index is 0.0966. The number of carbonyl (C=O) groups is 1. The Bertz CT molecular complexity index is 2180. The van der Waals surface area contributed by atoms with Crippen LogP contribution in [0.25, 0.3) is 12.2 Å². The summed E-state index contributed by atoms with van der Waals surface area (Å²) < 4.78 is 11.7. The number of amides is 1. The molecule has 0 radical (unpaired) electrons. The highest BCUT2D eigenvalue weighted by molar-refractivity contribution is 6.05. The van der Waals surface area contributed by atoms with Crippen LogP contribution in [0.3, 0.4) is 0 Å². The molecule has 0 heterocycles. The monoisotopic (exact) mass is 747 g/mol. The predicted molar refractivity (Wildman–Crippen MR) is 227 cm³/mol. The van der Waals surface area contributed by atoms with Crippen LogP contribution >= 0.6 is 0 Å². The minimum Gasteiger partial charge on any atom is -0.493 e. The highest BCUT2D eigenvalue weighted by Crippen LogP contribution is 2.56. The first-order valence-corrected chi connectivity index (χ1v) is 20.1. The Kier molecular flexibility index (Phi) is 12.7. The van der Waals surface area contributed by atoms with Gasteiger partial charge in [0.25, 0.3) is 5.91 Å². The molecule has 6 nitrogen and oxygen atoms in total. The SMILES string of the molecule is CCCCCCOc1ccc(/C=C/Cc2cccc3c2C2(CC3)CCc3cccc(OOCC=Cc4ccc(NC(=O)c5ccccc5C)cc4)c32)cc1OC. The van der Waals surface area contributed by atoms with E-state index >= 15 is 0 Å². The number of ether oxygens (including phenoxy) is 2. The van der Waals surface area contributed by atoms with Crippen LogP contribution in [0.1, 0.15) is 100 Å². The molecular formula is C50H53NO5. The fourth-order valence-corrected chi connectivity index (χ4v) is 8.45. The third kappa shape index (κ3) is 8.77. The van der Waals surface area contributed by atoms with Gasteiger partial charge in [-0.15, -0.1) is 0 Å². The molecule has 0 saturated carbocycles. The van der Waals surface area contributed by atoms with Gasteiger partial charge in [0.15, 0.2) is 17.2 Å². The second-order valence-corrected chi connectivity index (χ2v) is 14.9. The zero-order valence-electron chi connectivity index (χ0n) is 32.9. The average Bonchev–Trinajstić information content (AvgIpc) is 3.80. The van der Waals surface area contributed by atoms with Gasteiger partial charge in [-0.2, -0.15) is 4.89 Å². The van der Waals surface area contributed by atoms with E-state index in [9.17, 15) is 4.79 Å². The highest BCUT2D eigenvalue weighted by atomic mass is 17.2. The van der Waals surface area contributed by atoms with Crippen molar-refractivity contribution in [1.82, 2.24) is 0 Å². The number of aryl methyl sites for hydroxylation is 3. The summed E-state index contributed by atoms with van der Waals surface area (Å²) in [7, 11) is 1.71. The van der Waals surface area contributed by atoms with E-state index in [0.717, 1.165) is 78.2 Å². The first kappa shape index (κ1) is 38.7. The van der Waals surface area contributed by atoms with Gasteiger partial charge in [0, 0.05) is 22.2 Å². The van der Waals surface area contributed by atoms with Gasteiger partial charge >= 0.3 is 0 Å². The van der Waals surface area contributed by atoms with Crippen LogP contribution in [0.4, 0.5) is 5.69 Å². The number of benzene rings is 5. The maximum absolute atomic E-state index is 12.7. The molecular weight excluding hydrogens is 695 g/mol. The molecule has 56 heavy (non-hydrogen) atoms. The molecule has 0 bridgehead atoms. The number of methoxy groups -OCH3 is 1. The number of carbonyl (C=O) groups excluding carboxylic acids is 1. The molecule has 2 aliphatic carbocycles. The number of hydrogen-bond donors (Lipinski definition) is 1. The molecule has 288 valence electrons. The van der Waals surface area contributed by atoms with Gasteiger partial charge in [0.2, 0.25) is 0 Å². The van der Waals surface area contributed by atoms with Crippen LogP contribution in [0.2, 0.25) is 0 Å². The van der Waals surface area contributed by atoms with Gasteiger partial charge in [0.1, 0.15) is 6.61 Å². The number of anilines is 1. The second-order valence-electron chi connectivity index (χ2n) is 14.9. The fourth-order valence-electron chi connectivity index (χ4n) is 8.45. The molecule has 5 aromatic carbocycles. The maximum atomic E-state index is 12.7. The summed E-state index contributed by atoms with van der Waals surface area (Å²) >= 11 is 0. The Morgan fingerprint density at radius 3 is 2.29 bits per heavy atom. The summed E-state index contributed by atoms with van der Waals surface area (Å²) in [6, 6.07) is 34.7. The van der Waals surface area contributed by atoms with Crippen molar-refractivity contribution in [2.24, 2.45) is 0 Å². The summed E-state index contributed by atoms with van der Waals surface area (Å²) in [4.78, 5) is 24.7. The third-order valence-corrected chi connectivity index (χ3v) is 11.2. The number of hydrogen-bond acceptors (Lipinski definition) is 5. The van der Waals surface area contributed by atoms with Crippen molar-refractivity contribution in [2.45, 2.75) is 77.0 Å². The molecule has 0 fully saturated rings. The molecule has 6 heteroatoms. The Balaban J connectivity index is 0.987. The standard InChI is InChI=1S/C50H53NO5/c1-4-5-6-9-33-54-44-28-25-38(35-46(44)53-3)15-10-17-39-18-11-19-40-29-31-50(47(39)40)32-30-41-20-12-22-45(48(41)50)56-55-34-13-16-37-23-26-42(27-24-37)51-49(52)43-21-8-7-14-36(43)2/h7-8,10-16,18-28,35H,4-6,9,17,29-34H2,1-3H3,(H,51,52)/b15-10+,16-13?. The lowest BCUT2D eigenvalue weighted by Gasteiger charge is -2.30. The predicted octanol–water partition coefficient (Wildman–Crippen LogP) is 11.7. The summed E-state index contributed by atoms with van der Waals surface area (Å²) in [6.45, 7) is 5.16. The Hall–Kier alpha value is -5.59. The lowest BCUT2D eigenvalue weighted by Crippen LogP contribution is -2.24. The van der Waals surface area contributed by atoms with Crippen LogP contribution in [-0.4, -0.2) is 26.2 Å². The summed E-state index contributed by atoms with van der Waals surface area (Å²) in [5, 5.41) is 2.98. The number of nitrogens with one attached hydrogen (secondary N) is 1. The quantitative estimate of drug-likeness (QED) is 0.0583. The molecule has 0 saturated heterocycles. The van der Waals surface area contributed by atoms with E-state index in [-0.39, 0.29) is 11.3 Å². The molecule has 0 aromatic heterocycles. The Morgan fingerprint density at radius 2 is 1.50 bits per heavy atom. The van der Waals surface area contributed by atoms with Crippen LogP contribution in [-0.2, 0) is 29.6 Å². The smallest absolute Gasteiger partial charge is 0.255 e. The topological polar surface area (TPSA) is 66.0 Å². The van der Waals surface area contributed by atoms with Crippen molar-refractivity contribution in [3.05, 3.63) is 165 Å². The molecule has 1 unspecified atom stereocenters. The molecule has 7 rings (SSSR count). The largest absolute Gasteiger partial charge is 0.493 e. The number of fused-ring (bicyclic) bond motifs is 4. The van der Waals surface area contributed by atoms with Gasteiger partial charge in [-0.1, -0.05) is 117 Å². The zero-order valence-corrected chi connectivity index (χ0v) is 32.9. The molecule has 1 amide bonds. The van der Waals surface area contributed by atoms with Crippen molar-refractivity contribution in [3.8, 4) is 17.2 Å². The number of allylic oxidation sites excluding steroid dienone is 1. The molecule has 0 aliphatic heterocycles. The molecule has 1 N–H and O–H groups in total. The molecule has 5 aromatic rings. The number of rotatable bonds is 17. The van der Waals surface area contributed by atoms with E-state index in [1.54, 1.807) is 7.11 Å². The Morgan fingerprint density at radius 1 is 0.750 bits per heavy atom. The average molecular weight is 748 g/mol. The lowest BCUT2D eigenvalue weighted by atomic mass is 9.74. The Labute approximate surface area is 332 Å². The third-order valence-electron chi connectivity index (χ3n) is 11.2. The first-order valence-electron chi connectivity index (χ1n) is 20.1. The van der Waals surface area contributed by atoms with Crippen molar-refractivity contribution in [3.63, 3.8) is 0 Å². The van der Waals surface area contributed by atoms with Crippen molar-refractivity contribution in [1.29, 1.82) is 0 Å². The zero-order chi connectivity index (χ0) is 38.7. The van der Waals surface area contributed by atoms with Crippen molar-refractivity contribution in [2.75, 3.05) is 25.6 Å². The van der Waals surface area contributed by atoms with Crippen molar-refractivity contribution < 1.29 is 24.0 Å². The van der Waals surface area contributed by atoms with Gasteiger partial charge in [0.05, 0.1) is 13.7 Å². The van der Waals surface area contributed by atoms with E-state index in [2.05, 4.69) is 66.9 Å². The minimum atomic E-state index is -0.113. The van der Waals surface area contributed by atoms with E-state index < -0.39 is 0 Å². The highest BCUT2D eigenvalue weighted by Gasteiger charge is 2.47. The maximum Gasteiger partial charge on any atom is 0.255 e. The van der Waals surface area contributed by atoms with E-state index in [0.29, 0.717) is 18.8 Å². The van der Waals surface area contributed by atoms with E-state index in [1.165, 1.54) is 47.1 Å². The van der Waals surface area contributed by atoms with Crippen LogP contribution < -0.4 is 19.7 Å². The van der Waals surface area contributed by atoms with E-state index in [1.807, 2.05) is 79.7 Å². The van der Waals surface area contributed by atoms with Gasteiger partial charge in [-0.25, -0.2) is 0 Å². The first-order chi connectivity index (χ1) is 27.5. The summed E-state index contributed by atoms with van der Waals surface area (Å²) in [6.07, 6.45) is 18.1. The second kappa shape index (κ2) is 18.4. The normalized spacial score (nSPS) is 15.7. The summed E-state index contributed by atoms with van der Waals surface area (Å²) in [5.41, 5.74) is 11.2. The number of unbranched alkanes of at least 4 members (excludes halogenated alkanes) is 3. The molecule has 1 atom stereocenters. The fraction of sp³-hybridized carbons (Fsp3) is 0.300. The molecule has 2 aliphatic rings. The van der Waals surface area contributed by atoms with Gasteiger partial charge in [-0.3, -0.25) is 4.79 Å². The lowest BCUT2D eigenvalue weighted by molar-refractivity contribution is -0.196. The van der Waals surface area contributed by atoms with Crippen LogP contribution in [0, 0.1) is 6.92 Å². The van der Waals surface area contributed by atoms with Crippen molar-refractivity contribution >= 4 is 23.7 Å². The van der Waals surface area contributed by atoms with Gasteiger partial charge in [-0.05, 0) is 121 Å². The summed E-state index contributed by atoms with van der Waals surface area (Å²) in [5.74, 6) is 2.26. The molecule has 1 spiro atoms.